The minimum absolute atomic E-state index is 0.0748. The highest BCUT2D eigenvalue weighted by Crippen LogP contribution is 2.30. The monoisotopic (exact) mass is 403 g/mol. The number of benzene rings is 1. The van der Waals surface area contributed by atoms with Crippen molar-refractivity contribution in [1.82, 2.24) is 19.9 Å². The van der Waals surface area contributed by atoms with Gasteiger partial charge in [-0.25, -0.2) is 4.98 Å². The molecule has 1 atom stereocenters. The van der Waals surface area contributed by atoms with Crippen LogP contribution in [0, 0.1) is 13.8 Å². The smallest absolute Gasteiger partial charge is 0.274 e. The van der Waals surface area contributed by atoms with Crippen LogP contribution in [0.1, 0.15) is 39.9 Å². The second kappa shape index (κ2) is 8.49. The molecule has 1 aliphatic heterocycles. The van der Waals surface area contributed by atoms with Crippen LogP contribution in [0.4, 0.5) is 11.4 Å². The van der Waals surface area contributed by atoms with Gasteiger partial charge < -0.3 is 15.0 Å². The number of hydrogen-bond acceptors (Lipinski definition) is 6. The van der Waals surface area contributed by atoms with E-state index in [0.29, 0.717) is 18.8 Å². The third-order valence-electron chi connectivity index (χ3n) is 5.25. The molecule has 4 rings (SSSR count). The lowest BCUT2D eigenvalue weighted by atomic mass is 10.0. The summed E-state index contributed by atoms with van der Waals surface area (Å²) < 4.78 is 5.21. The first-order valence-corrected chi connectivity index (χ1v) is 9.99. The number of carbonyl (C=O) groups is 1. The lowest BCUT2D eigenvalue weighted by Gasteiger charge is -2.17. The first-order valence-electron chi connectivity index (χ1n) is 9.99. The number of likely N-dealkylation sites (tertiary alicyclic amines) is 1. The Morgan fingerprint density at radius 2 is 1.87 bits per heavy atom. The molecule has 1 aromatic carbocycles. The van der Waals surface area contributed by atoms with Crippen molar-refractivity contribution in [2.45, 2.75) is 26.2 Å². The van der Waals surface area contributed by atoms with Crippen LogP contribution < -0.4 is 10.1 Å². The second-order valence-electron chi connectivity index (χ2n) is 7.56. The molecule has 7 nitrogen and oxygen atoms in total. The van der Waals surface area contributed by atoms with E-state index in [2.05, 4.69) is 21.4 Å². The van der Waals surface area contributed by atoms with Crippen molar-refractivity contribution >= 4 is 17.3 Å². The normalized spacial score (nSPS) is 15.8. The minimum Gasteiger partial charge on any atom is -0.497 e. The Balaban J connectivity index is 1.47. The molecule has 1 aliphatic rings. The molecule has 1 N–H and O–H groups in total. The molecule has 30 heavy (non-hydrogen) atoms. The van der Waals surface area contributed by atoms with Crippen molar-refractivity contribution in [3.8, 4) is 5.75 Å². The van der Waals surface area contributed by atoms with Crippen molar-refractivity contribution in [2.24, 2.45) is 0 Å². The molecule has 3 aromatic rings. The number of amides is 1. The van der Waals surface area contributed by atoms with Crippen LogP contribution in [0.15, 0.2) is 48.8 Å². The van der Waals surface area contributed by atoms with E-state index in [1.807, 2.05) is 49.1 Å². The van der Waals surface area contributed by atoms with Gasteiger partial charge in [-0.2, -0.15) is 0 Å². The van der Waals surface area contributed by atoms with E-state index in [1.54, 1.807) is 19.5 Å². The van der Waals surface area contributed by atoms with E-state index in [-0.39, 0.29) is 11.8 Å². The fourth-order valence-corrected chi connectivity index (χ4v) is 3.67. The summed E-state index contributed by atoms with van der Waals surface area (Å²) in [6.07, 6.45) is 4.05. The lowest BCUT2D eigenvalue weighted by Crippen LogP contribution is -2.29. The molecular formula is C23H25N5O2. The molecule has 0 unspecified atom stereocenters. The van der Waals surface area contributed by atoms with Gasteiger partial charge in [0.2, 0.25) is 0 Å². The van der Waals surface area contributed by atoms with E-state index in [4.69, 9.17) is 9.72 Å². The van der Waals surface area contributed by atoms with Crippen LogP contribution in [0.3, 0.4) is 0 Å². The zero-order chi connectivity index (χ0) is 21.1. The molecule has 3 heterocycles. The fraction of sp³-hybridized carbons (Fsp3) is 0.304. The van der Waals surface area contributed by atoms with Crippen LogP contribution in [0.5, 0.6) is 5.75 Å². The highest BCUT2D eigenvalue weighted by molar-refractivity contribution is 5.92. The molecule has 1 fully saturated rings. The number of ether oxygens (including phenoxy) is 1. The molecule has 1 amide bonds. The SMILES string of the molecule is COc1ccc(Nc2cc(C)nc([C@@H]3CCN(C(=O)c4cnc(C)cn4)C3)c2)cc1. The maximum Gasteiger partial charge on any atom is 0.274 e. The summed E-state index contributed by atoms with van der Waals surface area (Å²) in [4.78, 5) is 27.7. The summed E-state index contributed by atoms with van der Waals surface area (Å²) in [5.74, 6) is 0.944. The average Bonchev–Trinajstić information content (AvgIpc) is 3.24. The molecule has 154 valence electrons. The van der Waals surface area contributed by atoms with Crippen LogP contribution in [-0.4, -0.2) is 46.0 Å². The molecule has 1 saturated heterocycles. The van der Waals surface area contributed by atoms with Gasteiger partial charge in [0.25, 0.3) is 5.91 Å². The third-order valence-corrected chi connectivity index (χ3v) is 5.25. The van der Waals surface area contributed by atoms with Gasteiger partial charge in [0.05, 0.1) is 19.0 Å². The number of carbonyl (C=O) groups excluding carboxylic acids is 1. The number of aromatic nitrogens is 3. The molecular weight excluding hydrogens is 378 g/mol. The van der Waals surface area contributed by atoms with Crippen molar-refractivity contribution < 1.29 is 9.53 Å². The largest absolute Gasteiger partial charge is 0.497 e. The lowest BCUT2D eigenvalue weighted by molar-refractivity contribution is 0.0784. The van der Waals surface area contributed by atoms with Crippen LogP contribution >= 0.6 is 0 Å². The zero-order valence-corrected chi connectivity index (χ0v) is 17.4. The predicted octanol–water partition coefficient (Wildman–Crippen LogP) is 3.87. The number of nitrogens with zero attached hydrogens (tertiary/aromatic N) is 4. The first kappa shape index (κ1) is 19.8. The number of anilines is 2. The van der Waals surface area contributed by atoms with Gasteiger partial charge >= 0.3 is 0 Å². The van der Waals surface area contributed by atoms with E-state index in [1.165, 1.54) is 0 Å². The van der Waals surface area contributed by atoms with Crippen molar-refractivity contribution in [3.63, 3.8) is 0 Å². The molecule has 0 saturated carbocycles. The highest BCUT2D eigenvalue weighted by atomic mass is 16.5. The Hall–Kier alpha value is -3.48. The molecule has 0 bridgehead atoms. The Morgan fingerprint density at radius 1 is 1.07 bits per heavy atom. The van der Waals surface area contributed by atoms with E-state index >= 15 is 0 Å². The van der Waals surface area contributed by atoms with Crippen LogP contribution in [0.25, 0.3) is 0 Å². The average molecular weight is 403 g/mol. The fourth-order valence-electron chi connectivity index (χ4n) is 3.67. The van der Waals surface area contributed by atoms with Gasteiger partial charge in [0.15, 0.2) is 0 Å². The van der Waals surface area contributed by atoms with Gasteiger partial charge in [0, 0.05) is 48.0 Å². The van der Waals surface area contributed by atoms with Gasteiger partial charge in [-0.3, -0.25) is 14.8 Å². The van der Waals surface area contributed by atoms with Gasteiger partial charge in [-0.1, -0.05) is 0 Å². The van der Waals surface area contributed by atoms with Crippen molar-refractivity contribution in [1.29, 1.82) is 0 Å². The van der Waals surface area contributed by atoms with Crippen molar-refractivity contribution in [3.05, 3.63) is 71.6 Å². The number of nitrogens with one attached hydrogen (secondary N) is 1. The summed E-state index contributed by atoms with van der Waals surface area (Å²) in [6, 6.07) is 11.9. The topological polar surface area (TPSA) is 80.2 Å². The molecule has 0 aliphatic carbocycles. The van der Waals surface area contributed by atoms with E-state index in [0.717, 1.165) is 40.6 Å². The Bertz CT molecular complexity index is 1030. The van der Waals surface area contributed by atoms with Crippen molar-refractivity contribution in [2.75, 3.05) is 25.5 Å². The number of methoxy groups -OCH3 is 1. The standard InChI is InChI=1S/C23H25N5O2/c1-15-10-19(27-18-4-6-20(30-3)7-5-18)11-21(26-15)17-8-9-28(14-17)23(29)22-13-24-16(2)12-25-22/h4-7,10-13,17H,8-9,14H2,1-3H3,(H,26,27)/t17-/m1/s1. The Morgan fingerprint density at radius 3 is 2.57 bits per heavy atom. The minimum atomic E-state index is -0.0748. The summed E-state index contributed by atoms with van der Waals surface area (Å²) in [6.45, 7) is 5.17. The van der Waals surface area contributed by atoms with Gasteiger partial charge in [-0.15, -0.1) is 0 Å². The summed E-state index contributed by atoms with van der Waals surface area (Å²) in [5, 5.41) is 3.43. The maximum absolute atomic E-state index is 12.7. The molecule has 7 heteroatoms. The molecule has 2 aromatic heterocycles. The molecule has 0 radical (unpaired) electrons. The maximum atomic E-state index is 12.7. The van der Waals surface area contributed by atoms with Gasteiger partial charge in [0.1, 0.15) is 11.4 Å². The number of hydrogen-bond donors (Lipinski definition) is 1. The van der Waals surface area contributed by atoms with Crippen LogP contribution in [0.2, 0.25) is 0 Å². The first-order chi connectivity index (χ1) is 14.5. The quantitative estimate of drug-likeness (QED) is 0.697. The Kier molecular flexibility index (Phi) is 5.61. The number of pyridine rings is 1. The second-order valence-corrected chi connectivity index (χ2v) is 7.56. The number of aryl methyl sites for hydroxylation is 2. The zero-order valence-electron chi connectivity index (χ0n) is 17.4. The summed E-state index contributed by atoms with van der Waals surface area (Å²) in [7, 11) is 1.65. The Labute approximate surface area is 176 Å². The summed E-state index contributed by atoms with van der Waals surface area (Å²) >= 11 is 0. The van der Waals surface area contributed by atoms with E-state index < -0.39 is 0 Å². The van der Waals surface area contributed by atoms with E-state index in [9.17, 15) is 4.79 Å². The van der Waals surface area contributed by atoms with Gasteiger partial charge in [-0.05, 0) is 56.7 Å². The predicted molar refractivity (Wildman–Crippen MR) is 115 cm³/mol. The van der Waals surface area contributed by atoms with Crippen LogP contribution in [-0.2, 0) is 0 Å². The highest BCUT2D eigenvalue weighted by Gasteiger charge is 2.29. The molecule has 0 spiro atoms. The number of rotatable bonds is 5. The summed E-state index contributed by atoms with van der Waals surface area (Å²) in [5.41, 5.74) is 5.09. The third kappa shape index (κ3) is 4.40.